The number of nitrogen functional groups attached to an aromatic ring is 1. The van der Waals surface area contributed by atoms with Gasteiger partial charge >= 0.3 is 0 Å². The number of pyridine rings is 1. The maximum atomic E-state index is 12.1. The summed E-state index contributed by atoms with van der Waals surface area (Å²) < 4.78 is 0. The molecule has 6 nitrogen and oxygen atoms in total. The minimum Gasteiger partial charge on any atom is -0.382 e. The van der Waals surface area contributed by atoms with Crippen LogP contribution >= 0.6 is 11.6 Å². The molecule has 4 N–H and O–H groups in total. The number of aromatic amines is 1. The van der Waals surface area contributed by atoms with Crippen LogP contribution in [0.5, 0.6) is 0 Å². The molecule has 3 aromatic rings. The van der Waals surface area contributed by atoms with Crippen molar-refractivity contribution in [3.63, 3.8) is 0 Å². The van der Waals surface area contributed by atoms with Crippen molar-refractivity contribution in [1.82, 2.24) is 15.2 Å². The fourth-order valence-electron chi connectivity index (χ4n) is 1.88. The second-order valence-corrected chi connectivity index (χ2v) is 4.56. The van der Waals surface area contributed by atoms with Gasteiger partial charge in [-0.15, -0.1) is 0 Å². The Morgan fingerprint density at radius 2 is 2.20 bits per heavy atom. The average Bonchev–Trinajstić information content (AvgIpc) is 2.89. The first kappa shape index (κ1) is 12.4. The summed E-state index contributed by atoms with van der Waals surface area (Å²) in [6.07, 6.45) is 1.64. The van der Waals surface area contributed by atoms with Crippen molar-refractivity contribution < 1.29 is 4.79 Å². The van der Waals surface area contributed by atoms with E-state index in [2.05, 4.69) is 20.5 Å². The van der Waals surface area contributed by atoms with Gasteiger partial charge in [-0.1, -0.05) is 11.6 Å². The highest BCUT2D eigenvalue weighted by molar-refractivity contribution is 6.36. The molecule has 2 aromatic heterocycles. The van der Waals surface area contributed by atoms with E-state index in [0.29, 0.717) is 16.2 Å². The zero-order valence-electron chi connectivity index (χ0n) is 10.2. The fraction of sp³-hybridized carbons (Fsp3) is 0. The molecule has 0 aliphatic heterocycles. The summed E-state index contributed by atoms with van der Waals surface area (Å²) in [5.41, 5.74) is 6.95. The summed E-state index contributed by atoms with van der Waals surface area (Å²) in [5, 5.41) is 10.4. The number of nitrogens with one attached hydrogen (secondary N) is 2. The lowest BCUT2D eigenvalue weighted by Gasteiger charge is -2.08. The predicted molar refractivity (Wildman–Crippen MR) is 77.7 cm³/mol. The highest BCUT2D eigenvalue weighted by atomic mass is 35.5. The first-order valence-electron chi connectivity index (χ1n) is 5.80. The number of halogens is 1. The second-order valence-electron chi connectivity index (χ2n) is 4.16. The van der Waals surface area contributed by atoms with Gasteiger partial charge in [-0.2, -0.15) is 5.10 Å². The average molecular weight is 288 g/mol. The number of amides is 1. The molecule has 1 amide bonds. The number of anilines is 2. The number of nitrogens with two attached hydrogens (primary N) is 1. The smallest absolute Gasteiger partial charge is 0.273 e. The van der Waals surface area contributed by atoms with E-state index in [9.17, 15) is 4.79 Å². The van der Waals surface area contributed by atoms with Crippen LogP contribution < -0.4 is 11.1 Å². The van der Waals surface area contributed by atoms with Crippen molar-refractivity contribution in [2.75, 3.05) is 11.1 Å². The van der Waals surface area contributed by atoms with Gasteiger partial charge in [0.05, 0.1) is 16.2 Å². The van der Waals surface area contributed by atoms with E-state index >= 15 is 0 Å². The molecule has 100 valence electrons. The molecule has 0 unspecified atom stereocenters. The molecule has 0 bridgehead atoms. The zero-order chi connectivity index (χ0) is 14.1. The van der Waals surface area contributed by atoms with Gasteiger partial charge in [-0.25, -0.2) is 0 Å². The molecule has 0 aliphatic rings. The highest BCUT2D eigenvalue weighted by Crippen LogP contribution is 2.28. The standard InChI is InChI=1S/C13H10ClN5O/c14-8-3-4-9(12-7(8)2-1-5-16-12)17-13(20)10-6-11(15)19-18-10/h1-6H,(H,17,20)(H3,15,18,19). The van der Waals surface area contributed by atoms with E-state index < -0.39 is 0 Å². The van der Waals surface area contributed by atoms with Crippen molar-refractivity contribution in [2.24, 2.45) is 0 Å². The van der Waals surface area contributed by atoms with Crippen LogP contribution in [-0.4, -0.2) is 21.1 Å². The lowest BCUT2D eigenvalue weighted by Crippen LogP contribution is -2.12. The Balaban J connectivity index is 1.99. The maximum absolute atomic E-state index is 12.1. The van der Waals surface area contributed by atoms with E-state index in [0.717, 1.165) is 5.39 Å². The molecule has 0 spiro atoms. The molecular weight excluding hydrogens is 278 g/mol. The summed E-state index contributed by atoms with van der Waals surface area (Å²) in [6.45, 7) is 0. The normalized spacial score (nSPS) is 10.7. The summed E-state index contributed by atoms with van der Waals surface area (Å²) in [6, 6.07) is 8.50. The zero-order valence-corrected chi connectivity index (χ0v) is 11.0. The number of aromatic nitrogens is 3. The minimum atomic E-state index is -0.344. The van der Waals surface area contributed by atoms with Crippen LogP contribution in [0.1, 0.15) is 10.5 Å². The first-order valence-corrected chi connectivity index (χ1v) is 6.18. The molecule has 20 heavy (non-hydrogen) atoms. The van der Waals surface area contributed by atoms with E-state index in [4.69, 9.17) is 17.3 Å². The number of fused-ring (bicyclic) bond motifs is 1. The third-order valence-electron chi connectivity index (χ3n) is 2.81. The lowest BCUT2D eigenvalue weighted by molar-refractivity contribution is 0.102. The molecule has 7 heteroatoms. The Bertz CT molecular complexity index is 798. The van der Waals surface area contributed by atoms with E-state index in [-0.39, 0.29) is 17.4 Å². The third-order valence-corrected chi connectivity index (χ3v) is 3.14. The van der Waals surface area contributed by atoms with E-state index in [1.54, 1.807) is 24.4 Å². The highest BCUT2D eigenvalue weighted by Gasteiger charge is 2.12. The van der Waals surface area contributed by atoms with Crippen LogP contribution in [-0.2, 0) is 0 Å². The van der Waals surface area contributed by atoms with Crippen molar-refractivity contribution in [2.45, 2.75) is 0 Å². The number of carbonyl (C=O) groups is 1. The van der Waals surface area contributed by atoms with Gasteiger partial charge in [0.1, 0.15) is 11.5 Å². The molecule has 0 radical (unpaired) electrons. The topological polar surface area (TPSA) is 96.7 Å². The molecule has 0 aliphatic carbocycles. The molecule has 0 fully saturated rings. The number of H-pyrrole nitrogens is 1. The monoisotopic (exact) mass is 287 g/mol. The van der Waals surface area contributed by atoms with E-state index in [1.165, 1.54) is 6.07 Å². The second kappa shape index (κ2) is 4.82. The van der Waals surface area contributed by atoms with Crippen molar-refractivity contribution in [3.05, 3.63) is 47.2 Å². The van der Waals surface area contributed by atoms with Gasteiger partial charge in [-0.3, -0.25) is 14.9 Å². The number of nitrogens with zero attached hydrogens (tertiary/aromatic N) is 2. The Morgan fingerprint density at radius 3 is 2.95 bits per heavy atom. The van der Waals surface area contributed by atoms with Crippen molar-refractivity contribution in [3.8, 4) is 0 Å². The molecule has 1 aromatic carbocycles. The van der Waals surface area contributed by atoms with Crippen molar-refractivity contribution in [1.29, 1.82) is 0 Å². The number of benzene rings is 1. The van der Waals surface area contributed by atoms with Gasteiger partial charge in [0.25, 0.3) is 5.91 Å². The Kier molecular flexibility index (Phi) is 3.00. The SMILES string of the molecule is Nc1cc(C(=O)Nc2ccc(Cl)c3cccnc23)[nH]n1. The van der Waals surface area contributed by atoms with Crippen LogP contribution in [0.15, 0.2) is 36.5 Å². The summed E-state index contributed by atoms with van der Waals surface area (Å²) in [4.78, 5) is 16.3. The number of carbonyl (C=O) groups excluding carboxylic acids is 1. The summed E-state index contributed by atoms with van der Waals surface area (Å²) in [7, 11) is 0. The Labute approximate surface area is 119 Å². The molecular formula is C13H10ClN5O. The Hall–Kier alpha value is -2.60. The minimum absolute atomic E-state index is 0.259. The van der Waals surface area contributed by atoms with Gasteiger partial charge in [-0.05, 0) is 24.3 Å². The van der Waals surface area contributed by atoms with E-state index in [1.807, 2.05) is 6.07 Å². The number of hydrogen-bond donors (Lipinski definition) is 3. The summed E-state index contributed by atoms with van der Waals surface area (Å²) >= 11 is 6.10. The molecule has 3 rings (SSSR count). The predicted octanol–water partition coefficient (Wildman–Crippen LogP) is 2.45. The molecule has 0 saturated carbocycles. The Morgan fingerprint density at radius 1 is 1.35 bits per heavy atom. The quantitative estimate of drug-likeness (QED) is 0.674. The summed E-state index contributed by atoms with van der Waals surface area (Å²) in [5.74, 6) is -0.0854. The molecule has 0 atom stereocenters. The van der Waals surface area contributed by atoms with Crippen LogP contribution in [0.4, 0.5) is 11.5 Å². The van der Waals surface area contributed by atoms with Gasteiger partial charge in [0.15, 0.2) is 0 Å². The van der Waals surface area contributed by atoms with Gasteiger partial charge < -0.3 is 11.1 Å². The van der Waals surface area contributed by atoms with Gasteiger partial charge in [0.2, 0.25) is 0 Å². The lowest BCUT2D eigenvalue weighted by atomic mass is 10.2. The van der Waals surface area contributed by atoms with Crippen LogP contribution in [0, 0.1) is 0 Å². The largest absolute Gasteiger partial charge is 0.382 e. The van der Waals surface area contributed by atoms with Crippen molar-refractivity contribution >= 4 is 39.9 Å². The fourth-order valence-corrected chi connectivity index (χ4v) is 2.10. The number of hydrogen-bond acceptors (Lipinski definition) is 4. The van der Waals surface area contributed by atoms with Crippen LogP contribution in [0.25, 0.3) is 10.9 Å². The van der Waals surface area contributed by atoms with Crippen LogP contribution in [0.2, 0.25) is 5.02 Å². The third kappa shape index (κ3) is 2.17. The van der Waals surface area contributed by atoms with Crippen LogP contribution in [0.3, 0.4) is 0 Å². The first-order chi connectivity index (χ1) is 9.65. The van der Waals surface area contributed by atoms with Gasteiger partial charge in [0, 0.05) is 17.6 Å². The molecule has 2 heterocycles. The maximum Gasteiger partial charge on any atom is 0.273 e. The number of rotatable bonds is 2. The molecule has 0 saturated heterocycles.